The molecule has 0 radical (unpaired) electrons. The summed E-state index contributed by atoms with van der Waals surface area (Å²) in [5.74, 6) is 0.233. The van der Waals surface area contributed by atoms with Crippen molar-refractivity contribution >= 4 is 32.6 Å². The van der Waals surface area contributed by atoms with E-state index in [1.54, 1.807) is 6.92 Å². The second kappa shape index (κ2) is 5.24. The third kappa shape index (κ3) is 2.49. The Morgan fingerprint density at radius 1 is 1.50 bits per heavy atom. The van der Waals surface area contributed by atoms with Crippen molar-refractivity contribution in [1.29, 1.82) is 0 Å². The number of benzene rings is 1. The SMILES string of the molecule is CC(=O)c1cn(C[C@H](C)CO)c2cc(Br)ccc12. The van der Waals surface area contributed by atoms with E-state index in [1.165, 1.54) is 0 Å². The van der Waals surface area contributed by atoms with Crippen LogP contribution in [0.1, 0.15) is 24.2 Å². The first-order valence-electron chi connectivity index (χ1n) is 5.93. The Labute approximate surface area is 115 Å². The lowest BCUT2D eigenvalue weighted by atomic mass is 10.1. The number of aliphatic hydroxyl groups is 1. The number of aromatic nitrogens is 1. The van der Waals surface area contributed by atoms with Crippen molar-refractivity contribution < 1.29 is 9.90 Å². The summed E-state index contributed by atoms with van der Waals surface area (Å²) in [6.45, 7) is 4.41. The van der Waals surface area contributed by atoms with E-state index < -0.39 is 0 Å². The van der Waals surface area contributed by atoms with Crippen LogP contribution in [0.15, 0.2) is 28.9 Å². The maximum Gasteiger partial charge on any atom is 0.161 e. The molecule has 0 amide bonds. The zero-order valence-corrected chi connectivity index (χ0v) is 12.1. The molecule has 0 aliphatic rings. The number of Topliss-reactive ketones (excluding diaryl/α,β-unsaturated/α-hetero) is 1. The van der Waals surface area contributed by atoms with E-state index in [0.29, 0.717) is 6.54 Å². The van der Waals surface area contributed by atoms with Crippen LogP contribution in [0, 0.1) is 5.92 Å². The molecule has 2 aromatic rings. The average molecular weight is 310 g/mol. The predicted octanol–water partition coefficient (Wildman–Crippen LogP) is 3.23. The number of halogens is 1. The lowest BCUT2D eigenvalue weighted by molar-refractivity contribution is 0.101. The van der Waals surface area contributed by atoms with Crippen LogP contribution in [0.2, 0.25) is 0 Å². The van der Waals surface area contributed by atoms with Crippen LogP contribution in [0.3, 0.4) is 0 Å². The van der Waals surface area contributed by atoms with Gasteiger partial charge in [-0.3, -0.25) is 4.79 Å². The fourth-order valence-electron chi connectivity index (χ4n) is 2.09. The standard InChI is InChI=1S/C14H16BrNO2/c1-9(8-17)6-16-7-13(10(2)18)12-4-3-11(15)5-14(12)16/h3-5,7,9,17H,6,8H2,1-2H3/t9-/m0/s1. The Morgan fingerprint density at radius 2 is 2.22 bits per heavy atom. The molecule has 0 saturated carbocycles. The van der Waals surface area contributed by atoms with E-state index in [1.807, 2.05) is 35.9 Å². The van der Waals surface area contributed by atoms with Gasteiger partial charge in [-0.1, -0.05) is 28.9 Å². The first kappa shape index (κ1) is 13.3. The third-order valence-corrected chi connectivity index (χ3v) is 3.54. The Kier molecular flexibility index (Phi) is 3.88. The molecule has 1 heterocycles. The lowest BCUT2D eigenvalue weighted by Gasteiger charge is -2.10. The number of ketones is 1. The summed E-state index contributed by atoms with van der Waals surface area (Å²) in [5, 5.41) is 10.1. The molecule has 4 heteroatoms. The van der Waals surface area contributed by atoms with Gasteiger partial charge >= 0.3 is 0 Å². The molecule has 0 saturated heterocycles. The Hall–Kier alpha value is -1.13. The summed E-state index contributed by atoms with van der Waals surface area (Å²) >= 11 is 3.45. The third-order valence-electron chi connectivity index (χ3n) is 3.04. The number of carbonyl (C=O) groups excluding carboxylic acids is 1. The molecule has 1 aromatic carbocycles. The van der Waals surface area contributed by atoms with Gasteiger partial charge in [-0.15, -0.1) is 0 Å². The second-order valence-corrected chi connectivity index (χ2v) is 5.62. The van der Waals surface area contributed by atoms with Crippen molar-refractivity contribution in [2.24, 2.45) is 5.92 Å². The topological polar surface area (TPSA) is 42.2 Å². The summed E-state index contributed by atoms with van der Waals surface area (Å²) in [7, 11) is 0. The molecular formula is C14H16BrNO2. The van der Waals surface area contributed by atoms with Crippen LogP contribution in [0.5, 0.6) is 0 Å². The number of aliphatic hydroxyl groups excluding tert-OH is 1. The molecule has 0 unspecified atom stereocenters. The number of hydrogen-bond acceptors (Lipinski definition) is 2. The monoisotopic (exact) mass is 309 g/mol. The normalized spacial score (nSPS) is 12.9. The number of carbonyl (C=O) groups is 1. The highest BCUT2D eigenvalue weighted by molar-refractivity contribution is 9.10. The lowest BCUT2D eigenvalue weighted by Crippen LogP contribution is -2.10. The van der Waals surface area contributed by atoms with Gasteiger partial charge in [-0.05, 0) is 25.0 Å². The zero-order chi connectivity index (χ0) is 13.3. The van der Waals surface area contributed by atoms with Gasteiger partial charge < -0.3 is 9.67 Å². The molecule has 0 bridgehead atoms. The molecule has 1 N–H and O–H groups in total. The molecule has 3 nitrogen and oxygen atoms in total. The molecule has 2 rings (SSSR count). The van der Waals surface area contributed by atoms with Crippen LogP contribution in [-0.2, 0) is 6.54 Å². The molecule has 96 valence electrons. The molecule has 0 aliphatic heterocycles. The summed E-state index contributed by atoms with van der Waals surface area (Å²) in [6, 6.07) is 5.90. The van der Waals surface area contributed by atoms with E-state index in [2.05, 4.69) is 15.9 Å². The minimum Gasteiger partial charge on any atom is -0.396 e. The second-order valence-electron chi connectivity index (χ2n) is 4.70. The Morgan fingerprint density at radius 3 is 2.83 bits per heavy atom. The summed E-state index contributed by atoms with van der Waals surface area (Å²) in [4.78, 5) is 11.6. The van der Waals surface area contributed by atoms with Crippen LogP contribution in [-0.4, -0.2) is 22.1 Å². The van der Waals surface area contributed by atoms with Gasteiger partial charge in [0.15, 0.2) is 5.78 Å². The van der Waals surface area contributed by atoms with Gasteiger partial charge in [-0.25, -0.2) is 0 Å². The van der Waals surface area contributed by atoms with E-state index in [4.69, 9.17) is 5.11 Å². The number of hydrogen-bond donors (Lipinski definition) is 1. The molecule has 0 aliphatic carbocycles. The van der Waals surface area contributed by atoms with Crippen molar-refractivity contribution in [2.75, 3.05) is 6.61 Å². The van der Waals surface area contributed by atoms with Crippen LogP contribution in [0.25, 0.3) is 10.9 Å². The van der Waals surface area contributed by atoms with Gasteiger partial charge in [0.25, 0.3) is 0 Å². The maximum absolute atomic E-state index is 11.6. The van der Waals surface area contributed by atoms with E-state index in [-0.39, 0.29) is 18.3 Å². The highest BCUT2D eigenvalue weighted by atomic mass is 79.9. The van der Waals surface area contributed by atoms with Crippen LogP contribution in [0.4, 0.5) is 0 Å². The molecule has 0 spiro atoms. The largest absolute Gasteiger partial charge is 0.396 e. The smallest absolute Gasteiger partial charge is 0.161 e. The van der Waals surface area contributed by atoms with E-state index in [9.17, 15) is 4.79 Å². The zero-order valence-electron chi connectivity index (χ0n) is 10.5. The van der Waals surface area contributed by atoms with Crippen LogP contribution < -0.4 is 0 Å². The number of fused-ring (bicyclic) bond motifs is 1. The number of rotatable bonds is 4. The quantitative estimate of drug-likeness (QED) is 0.881. The Bertz CT molecular complexity index is 589. The van der Waals surface area contributed by atoms with Gasteiger partial charge in [0.05, 0.1) is 0 Å². The molecule has 18 heavy (non-hydrogen) atoms. The fraction of sp³-hybridized carbons (Fsp3) is 0.357. The first-order chi connectivity index (χ1) is 8.52. The summed E-state index contributed by atoms with van der Waals surface area (Å²) in [6.07, 6.45) is 1.88. The van der Waals surface area contributed by atoms with Crippen molar-refractivity contribution in [3.05, 3.63) is 34.4 Å². The van der Waals surface area contributed by atoms with Crippen molar-refractivity contribution in [3.63, 3.8) is 0 Å². The first-order valence-corrected chi connectivity index (χ1v) is 6.72. The Balaban J connectivity index is 2.58. The summed E-state index contributed by atoms with van der Waals surface area (Å²) in [5.41, 5.74) is 1.76. The number of nitrogens with zero attached hydrogens (tertiary/aromatic N) is 1. The fourth-order valence-corrected chi connectivity index (χ4v) is 2.44. The molecular weight excluding hydrogens is 294 g/mol. The maximum atomic E-state index is 11.6. The van der Waals surface area contributed by atoms with Crippen molar-refractivity contribution in [1.82, 2.24) is 4.57 Å². The van der Waals surface area contributed by atoms with Gasteiger partial charge in [0, 0.05) is 40.3 Å². The minimum atomic E-state index is 0.0673. The van der Waals surface area contributed by atoms with Gasteiger partial charge in [0.2, 0.25) is 0 Å². The average Bonchev–Trinajstić information content (AvgIpc) is 2.67. The molecule has 1 aromatic heterocycles. The van der Waals surface area contributed by atoms with E-state index >= 15 is 0 Å². The van der Waals surface area contributed by atoms with Crippen molar-refractivity contribution in [3.8, 4) is 0 Å². The van der Waals surface area contributed by atoms with Gasteiger partial charge in [-0.2, -0.15) is 0 Å². The van der Waals surface area contributed by atoms with Crippen LogP contribution >= 0.6 is 15.9 Å². The minimum absolute atomic E-state index is 0.0673. The van der Waals surface area contributed by atoms with Gasteiger partial charge in [0.1, 0.15) is 0 Å². The molecule has 1 atom stereocenters. The summed E-state index contributed by atoms with van der Waals surface area (Å²) < 4.78 is 3.03. The predicted molar refractivity (Wildman–Crippen MR) is 75.9 cm³/mol. The van der Waals surface area contributed by atoms with E-state index in [0.717, 1.165) is 20.9 Å². The highest BCUT2D eigenvalue weighted by Crippen LogP contribution is 2.26. The highest BCUT2D eigenvalue weighted by Gasteiger charge is 2.13. The molecule has 0 fully saturated rings. The van der Waals surface area contributed by atoms with Crippen molar-refractivity contribution in [2.45, 2.75) is 20.4 Å².